The van der Waals surface area contributed by atoms with Crippen molar-refractivity contribution < 1.29 is 9.53 Å². The Labute approximate surface area is 110 Å². The molecule has 92 valence electrons. The summed E-state index contributed by atoms with van der Waals surface area (Å²) in [6.07, 6.45) is 1.96. The van der Waals surface area contributed by atoms with Gasteiger partial charge in [0.1, 0.15) is 0 Å². The molecule has 0 spiro atoms. The van der Waals surface area contributed by atoms with E-state index in [0.29, 0.717) is 5.92 Å². The van der Waals surface area contributed by atoms with Crippen LogP contribution in [0, 0.1) is 0 Å². The third-order valence-electron chi connectivity index (χ3n) is 3.20. The molecule has 0 saturated carbocycles. The second-order valence-corrected chi connectivity index (χ2v) is 5.22. The molecule has 1 aliphatic heterocycles. The van der Waals surface area contributed by atoms with Crippen LogP contribution in [-0.4, -0.2) is 31.2 Å². The van der Waals surface area contributed by atoms with E-state index in [1.54, 1.807) is 4.90 Å². The summed E-state index contributed by atoms with van der Waals surface area (Å²) < 4.78 is 5.86. The molecular weight excluding hydrogens is 282 g/mol. The van der Waals surface area contributed by atoms with Gasteiger partial charge in [0.25, 0.3) is 0 Å². The number of benzene rings is 1. The fourth-order valence-corrected chi connectivity index (χ4v) is 2.54. The van der Waals surface area contributed by atoms with E-state index in [1.165, 1.54) is 12.7 Å². The third kappa shape index (κ3) is 3.00. The number of halogens is 1. The molecule has 4 heteroatoms. The van der Waals surface area contributed by atoms with Gasteiger partial charge in [-0.2, -0.15) is 0 Å². The average molecular weight is 298 g/mol. The fourth-order valence-electron chi connectivity index (χ4n) is 2.28. The van der Waals surface area contributed by atoms with Gasteiger partial charge in [0, 0.05) is 23.5 Å². The Balaban J connectivity index is 2.06. The minimum absolute atomic E-state index is 0.216. The van der Waals surface area contributed by atoms with Crippen molar-refractivity contribution in [3.05, 3.63) is 34.3 Å². The number of carbonyl (C=O) groups is 1. The van der Waals surface area contributed by atoms with Crippen LogP contribution in [-0.2, 0) is 4.74 Å². The topological polar surface area (TPSA) is 29.5 Å². The lowest BCUT2D eigenvalue weighted by Crippen LogP contribution is -2.38. The largest absolute Gasteiger partial charge is 0.453 e. The van der Waals surface area contributed by atoms with Crippen LogP contribution < -0.4 is 0 Å². The number of hydrogen-bond donors (Lipinski definition) is 0. The lowest BCUT2D eigenvalue weighted by atomic mass is 9.91. The summed E-state index contributed by atoms with van der Waals surface area (Å²) in [5.74, 6) is 0.427. The molecular formula is C13H16BrNO2. The third-order valence-corrected chi connectivity index (χ3v) is 3.72. The first-order chi connectivity index (χ1) is 8.20. The number of nitrogens with zero attached hydrogens (tertiary/aromatic N) is 1. The number of likely N-dealkylation sites (tertiary alicyclic amines) is 1. The Morgan fingerprint density at radius 3 is 2.76 bits per heavy atom. The van der Waals surface area contributed by atoms with Gasteiger partial charge in [-0.3, -0.25) is 0 Å². The molecule has 17 heavy (non-hydrogen) atoms. The molecule has 1 unspecified atom stereocenters. The molecule has 1 aromatic carbocycles. The number of methoxy groups -OCH3 is 1. The molecule has 0 aliphatic carbocycles. The van der Waals surface area contributed by atoms with Gasteiger partial charge in [-0.1, -0.05) is 28.1 Å². The minimum atomic E-state index is -0.216. The number of amides is 1. The predicted octanol–water partition coefficient (Wildman–Crippen LogP) is 3.39. The maximum atomic E-state index is 11.5. The van der Waals surface area contributed by atoms with Crippen molar-refractivity contribution in [2.24, 2.45) is 0 Å². The summed E-state index contributed by atoms with van der Waals surface area (Å²) in [6.45, 7) is 1.56. The quantitative estimate of drug-likeness (QED) is 0.795. The Morgan fingerprint density at radius 1 is 1.41 bits per heavy atom. The summed E-state index contributed by atoms with van der Waals surface area (Å²) >= 11 is 3.43. The fraction of sp³-hybridized carbons (Fsp3) is 0.462. The van der Waals surface area contributed by atoms with Crippen LogP contribution in [0.1, 0.15) is 24.3 Å². The molecule has 0 bridgehead atoms. The minimum Gasteiger partial charge on any atom is -0.453 e. The normalized spacial score (nSPS) is 20.1. The molecule has 0 aromatic heterocycles. The molecule has 1 atom stereocenters. The molecule has 1 fully saturated rings. The number of piperidine rings is 1. The standard InChI is InChI=1S/C13H16BrNO2/c1-17-13(16)15-8-2-3-11(9-15)10-4-6-12(14)7-5-10/h4-7,11H,2-3,8-9H2,1H3. The maximum absolute atomic E-state index is 11.5. The second kappa shape index (κ2) is 5.54. The number of hydrogen-bond acceptors (Lipinski definition) is 2. The summed E-state index contributed by atoms with van der Waals surface area (Å²) in [6, 6.07) is 8.34. The van der Waals surface area contributed by atoms with E-state index in [2.05, 4.69) is 28.1 Å². The van der Waals surface area contributed by atoms with Crippen molar-refractivity contribution >= 4 is 22.0 Å². The van der Waals surface area contributed by atoms with E-state index in [9.17, 15) is 4.79 Å². The Morgan fingerprint density at radius 2 is 2.12 bits per heavy atom. The SMILES string of the molecule is COC(=O)N1CCCC(c2ccc(Br)cc2)C1. The van der Waals surface area contributed by atoms with Crippen molar-refractivity contribution in [1.29, 1.82) is 0 Å². The van der Waals surface area contributed by atoms with Crippen molar-refractivity contribution in [3.8, 4) is 0 Å². The first-order valence-electron chi connectivity index (χ1n) is 5.79. The molecule has 0 N–H and O–H groups in total. The molecule has 2 rings (SSSR count). The van der Waals surface area contributed by atoms with Crippen molar-refractivity contribution in [2.75, 3.05) is 20.2 Å². The van der Waals surface area contributed by atoms with E-state index >= 15 is 0 Å². The zero-order chi connectivity index (χ0) is 12.3. The predicted molar refractivity (Wildman–Crippen MR) is 70.1 cm³/mol. The van der Waals surface area contributed by atoms with Crippen molar-refractivity contribution in [3.63, 3.8) is 0 Å². The van der Waals surface area contributed by atoms with Gasteiger partial charge < -0.3 is 9.64 Å². The lowest BCUT2D eigenvalue weighted by Gasteiger charge is -2.31. The molecule has 3 nitrogen and oxygen atoms in total. The first-order valence-corrected chi connectivity index (χ1v) is 6.58. The van der Waals surface area contributed by atoms with Gasteiger partial charge in [0.2, 0.25) is 0 Å². The van der Waals surface area contributed by atoms with Crippen molar-refractivity contribution in [1.82, 2.24) is 4.90 Å². The van der Waals surface area contributed by atoms with Gasteiger partial charge in [-0.05, 0) is 30.5 Å². The van der Waals surface area contributed by atoms with E-state index in [0.717, 1.165) is 30.4 Å². The molecule has 1 amide bonds. The highest BCUT2D eigenvalue weighted by Crippen LogP contribution is 2.28. The Hall–Kier alpha value is -1.03. The summed E-state index contributed by atoms with van der Waals surface area (Å²) in [5, 5.41) is 0. The van der Waals surface area contributed by atoms with Gasteiger partial charge in [-0.15, -0.1) is 0 Å². The summed E-state index contributed by atoms with van der Waals surface area (Å²) in [5.41, 5.74) is 1.29. The van der Waals surface area contributed by atoms with Crippen LogP contribution in [0.15, 0.2) is 28.7 Å². The zero-order valence-corrected chi connectivity index (χ0v) is 11.4. The first kappa shape index (κ1) is 12.4. The van der Waals surface area contributed by atoms with Crippen LogP contribution in [0.5, 0.6) is 0 Å². The molecule has 1 aliphatic rings. The molecule has 1 aromatic rings. The number of rotatable bonds is 1. The van der Waals surface area contributed by atoms with Gasteiger partial charge >= 0.3 is 6.09 Å². The van der Waals surface area contributed by atoms with Crippen LogP contribution in [0.4, 0.5) is 4.79 Å². The Kier molecular flexibility index (Phi) is 4.05. The highest BCUT2D eigenvalue weighted by molar-refractivity contribution is 9.10. The average Bonchev–Trinajstić information content (AvgIpc) is 2.39. The van der Waals surface area contributed by atoms with Crippen LogP contribution in [0.25, 0.3) is 0 Å². The molecule has 1 heterocycles. The summed E-state index contributed by atoms with van der Waals surface area (Å²) in [7, 11) is 1.44. The van der Waals surface area contributed by atoms with E-state index in [-0.39, 0.29) is 6.09 Å². The lowest BCUT2D eigenvalue weighted by molar-refractivity contribution is 0.111. The second-order valence-electron chi connectivity index (χ2n) is 4.31. The van der Waals surface area contributed by atoms with E-state index in [4.69, 9.17) is 4.74 Å². The highest BCUT2D eigenvalue weighted by Gasteiger charge is 2.24. The van der Waals surface area contributed by atoms with Crippen LogP contribution >= 0.6 is 15.9 Å². The monoisotopic (exact) mass is 297 g/mol. The van der Waals surface area contributed by atoms with Gasteiger partial charge in [0.05, 0.1) is 7.11 Å². The maximum Gasteiger partial charge on any atom is 0.409 e. The zero-order valence-electron chi connectivity index (χ0n) is 9.86. The number of ether oxygens (including phenoxy) is 1. The molecule has 0 radical (unpaired) electrons. The Bertz CT molecular complexity index is 391. The van der Waals surface area contributed by atoms with Crippen LogP contribution in [0.3, 0.4) is 0 Å². The van der Waals surface area contributed by atoms with Gasteiger partial charge in [0.15, 0.2) is 0 Å². The van der Waals surface area contributed by atoms with E-state index < -0.39 is 0 Å². The highest BCUT2D eigenvalue weighted by atomic mass is 79.9. The van der Waals surface area contributed by atoms with Gasteiger partial charge in [-0.25, -0.2) is 4.79 Å². The molecule has 1 saturated heterocycles. The van der Waals surface area contributed by atoms with Crippen molar-refractivity contribution in [2.45, 2.75) is 18.8 Å². The summed E-state index contributed by atoms with van der Waals surface area (Å²) in [4.78, 5) is 13.3. The van der Waals surface area contributed by atoms with E-state index in [1.807, 2.05) is 12.1 Å². The van der Waals surface area contributed by atoms with Crippen LogP contribution in [0.2, 0.25) is 0 Å². The smallest absolute Gasteiger partial charge is 0.409 e. The number of carbonyl (C=O) groups excluding carboxylic acids is 1.